The van der Waals surface area contributed by atoms with E-state index in [0.29, 0.717) is 11.3 Å². The van der Waals surface area contributed by atoms with Crippen LogP contribution in [0, 0.1) is 13.8 Å². The van der Waals surface area contributed by atoms with E-state index < -0.39 is 10.0 Å². The van der Waals surface area contributed by atoms with Gasteiger partial charge in [-0.1, -0.05) is 24.3 Å². The van der Waals surface area contributed by atoms with Crippen molar-refractivity contribution >= 4 is 27.3 Å². The van der Waals surface area contributed by atoms with Gasteiger partial charge in [0, 0.05) is 24.0 Å². The van der Waals surface area contributed by atoms with Crippen LogP contribution in [0.15, 0.2) is 77.7 Å². The zero-order chi connectivity index (χ0) is 20.3. The predicted octanol–water partition coefficient (Wildman–Crippen LogP) is 4.38. The van der Waals surface area contributed by atoms with Gasteiger partial charge in [0.1, 0.15) is 0 Å². The number of carbonyl (C=O) groups excluding carboxylic acids is 1. The molecule has 1 amide bonds. The number of aryl methyl sites for hydroxylation is 2. The Labute approximate surface area is 165 Å². The molecule has 0 saturated heterocycles. The van der Waals surface area contributed by atoms with E-state index in [2.05, 4.69) is 4.72 Å². The van der Waals surface area contributed by atoms with E-state index in [1.165, 1.54) is 29.2 Å². The molecule has 0 spiro atoms. The van der Waals surface area contributed by atoms with Crippen LogP contribution in [0.25, 0.3) is 0 Å². The van der Waals surface area contributed by atoms with Crippen molar-refractivity contribution in [3.63, 3.8) is 0 Å². The van der Waals surface area contributed by atoms with Gasteiger partial charge < -0.3 is 4.90 Å². The summed E-state index contributed by atoms with van der Waals surface area (Å²) in [6.45, 7) is 3.82. The van der Waals surface area contributed by atoms with Crippen LogP contribution in [-0.4, -0.2) is 21.4 Å². The number of amides is 1. The Morgan fingerprint density at radius 2 is 1.43 bits per heavy atom. The molecular formula is C22H22N2O3S. The van der Waals surface area contributed by atoms with E-state index in [0.717, 1.165) is 16.8 Å². The molecule has 3 rings (SSSR count). The first-order chi connectivity index (χ1) is 13.3. The average Bonchev–Trinajstić information content (AvgIpc) is 2.66. The summed E-state index contributed by atoms with van der Waals surface area (Å²) in [6.07, 6.45) is 0. The van der Waals surface area contributed by atoms with Gasteiger partial charge in [-0.3, -0.25) is 9.52 Å². The van der Waals surface area contributed by atoms with Crippen LogP contribution in [0.4, 0.5) is 11.4 Å². The third-order valence-corrected chi connectivity index (χ3v) is 5.73. The summed E-state index contributed by atoms with van der Waals surface area (Å²) in [5, 5.41) is 0. The van der Waals surface area contributed by atoms with E-state index in [-0.39, 0.29) is 10.8 Å². The molecule has 0 fully saturated rings. The van der Waals surface area contributed by atoms with Gasteiger partial charge in [-0.15, -0.1) is 0 Å². The zero-order valence-electron chi connectivity index (χ0n) is 16.0. The van der Waals surface area contributed by atoms with E-state index in [9.17, 15) is 13.2 Å². The highest BCUT2D eigenvalue weighted by molar-refractivity contribution is 7.92. The molecule has 0 radical (unpaired) electrons. The molecule has 0 aromatic heterocycles. The van der Waals surface area contributed by atoms with Crippen molar-refractivity contribution < 1.29 is 13.2 Å². The highest BCUT2D eigenvalue weighted by atomic mass is 32.2. The fourth-order valence-corrected chi connectivity index (χ4v) is 4.03. The number of rotatable bonds is 5. The lowest BCUT2D eigenvalue weighted by atomic mass is 10.1. The number of hydrogen-bond acceptors (Lipinski definition) is 3. The van der Waals surface area contributed by atoms with Crippen LogP contribution in [-0.2, 0) is 10.0 Å². The fourth-order valence-electron chi connectivity index (χ4n) is 2.99. The lowest BCUT2D eigenvalue weighted by Gasteiger charge is -2.17. The van der Waals surface area contributed by atoms with Gasteiger partial charge in [-0.05, 0) is 73.5 Å². The largest absolute Gasteiger partial charge is 0.311 e. The molecule has 3 aromatic rings. The van der Waals surface area contributed by atoms with Crippen molar-refractivity contribution in [3.8, 4) is 0 Å². The Kier molecular flexibility index (Phi) is 5.51. The molecule has 0 aliphatic rings. The second-order valence-electron chi connectivity index (χ2n) is 6.71. The molecule has 28 heavy (non-hydrogen) atoms. The van der Waals surface area contributed by atoms with Gasteiger partial charge in [0.05, 0.1) is 4.90 Å². The molecule has 3 aromatic carbocycles. The summed E-state index contributed by atoms with van der Waals surface area (Å²) in [5.41, 5.74) is 3.64. The maximum absolute atomic E-state index is 12.7. The molecule has 144 valence electrons. The number of para-hydroxylation sites is 1. The van der Waals surface area contributed by atoms with Crippen LogP contribution >= 0.6 is 0 Å². The Hall–Kier alpha value is -3.12. The maximum Gasteiger partial charge on any atom is 0.261 e. The van der Waals surface area contributed by atoms with E-state index in [4.69, 9.17) is 0 Å². The van der Waals surface area contributed by atoms with Crippen molar-refractivity contribution in [1.82, 2.24) is 0 Å². The number of sulfonamides is 1. The Bertz CT molecular complexity index is 1070. The minimum Gasteiger partial charge on any atom is -0.311 e. The number of hydrogen-bond donors (Lipinski definition) is 1. The number of benzene rings is 3. The normalized spacial score (nSPS) is 11.1. The lowest BCUT2D eigenvalue weighted by molar-refractivity contribution is 0.0993. The van der Waals surface area contributed by atoms with Crippen molar-refractivity contribution in [1.29, 1.82) is 0 Å². The summed E-state index contributed by atoms with van der Waals surface area (Å²) >= 11 is 0. The van der Waals surface area contributed by atoms with Gasteiger partial charge in [0.15, 0.2) is 0 Å². The van der Waals surface area contributed by atoms with Gasteiger partial charge in [0.2, 0.25) is 0 Å². The van der Waals surface area contributed by atoms with Crippen LogP contribution < -0.4 is 9.62 Å². The number of anilines is 2. The fraction of sp³-hybridized carbons (Fsp3) is 0.136. The smallest absolute Gasteiger partial charge is 0.261 e. The van der Waals surface area contributed by atoms with Crippen LogP contribution in [0.1, 0.15) is 21.5 Å². The summed E-state index contributed by atoms with van der Waals surface area (Å²) in [4.78, 5) is 14.3. The maximum atomic E-state index is 12.7. The second kappa shape index (κ2) is 7.86. The third kappa shape index (κ3) is 4.40. The van der Waals surface area contributed by atoms with Crippen molar-refractivity contribution in [2.45, 2.75) is 18.7 Å². The molecule has 0 atom stereocenters. The standard InChI is InChI=1S/C22H22N2O3S/c1-16-13-17(2)15-19(14-16)23-28(26,27)21-11-9-18(10-12-21)22(25)24(3)20-7-5-4-6-8-20/h4-15,23H,1-3H3. The van der Waals surface area contributed by atoms with E-state index in [1.807, 2.05) is 50.2 Å². The molecule has 1 N–H and O–H groups in total. The van der Waals surface area contributed by atoms with Gasteiger partial charge in [-0.25, -0.2) is 8.42 Å². The molecule has 0 aliphatic heterocycles. The van der Waals surface area contributed by atoms with Gasteiger partial charge in [0.25, 0.3) is 15.9 Å². The number of nitrogens with one attached hydrogen (secondary N) is 1. The molecule has 0 heterocycles. The summed E-state index contributed by atoms with van der Waals surface area (Å²) in [5.74, 6) is -0.211. The summed E-state index contributed by atoms with van der Waals surface area (Å²) < 4.78 is 27.9. The first-order valence-electron chi connectivity index (χ1n) is 8.80. The highest BCUT2D eigenvalue weighted by Crippen LogP contribution is 2.20. The molecule has 5 nitrogen and oxygen atoms in total. The molecule has 0 aliphatic carbocycles. The zero-order valence-corrected chi connectivity index (χ0v) is 16.8. The molecule has 0 saturated carbocycles. The van der Waals surface area contributed by atoms with Crippen LogP contribution in [0.3, 0.4) is 0 Å². The molecule has 0 bridgehead atoms. The summed E-state index contributed by atoms with van der Waals surface area (Å²) in [7, 11) is -2.05. The third-order valence-electron chi connectivity index (χ3n) is 4.33. The van der Waals surface area contributed by atoms with E-state index in [1.54, 1.807) is 19.2 Å². The molecule has 0 unspecified atom stereocenters. The average molecular weight is 394 g/mol. The monoisotopic (exact) mass is 394 g/mol. The quantitative estimate of drug-likeness (QED) is 0.698. The van der Waals surface area contributed by atoms with Gasteiger partial charge in [-0.2, -0.15) is 0 Å². The SMILES string of the molecule is Cc1cc(C)cc(NS(=O)(=O)c2ccc(C(=O)N(C)c3ccccc3)cc2)c1. The topological polar surface area (TPSA) is 66.5 Å². The first-order valence-corrected chi connectivity index (χ1v) is 10.3. The summed E-state index contributed by atoms with van der Waals surface area (Å²) in [6, 6.07) is 20.7. The molecular weight excluding hydrogens is 372 g/mol. The second-order valence-corrected chi connectivity index (χ2v) is 8.39. The van der Waals surface area contributed by atoms with Crippen molar-refractivity contribution in [3.05, 3.63) is 89.5 Å². The Morgan fingerprint density at radius 1 is 0.857 bits per heavy atom. The molecule has 6 heteroatoms. The Balaban J connectivity index is 1.80. The van der Waals surface area contributed by atoms with Crippen LogP contribution in [0.5, 0.6) is 0 Å². The van der Waals surface area contributed by atoms with Crippen molar-refractivity contribution in [2.75, 3.05) is 16.7 Å². The Morgan fingerprint density at radius 3 is 2.00 bits per heavy atom. The minimum absolute atomic E-state index is 0.102. The van der Waals surface area contributed by atoms with Crippen LogP contribution in [0.2, 0.25) is 0 Å². The lowest BCUT2D eigenvalue weighted by Crippen LogP contribution is -2.26. The highest BCUT2D eigenvalue weighted by Gasteiger charge is 2.17. The van der Waals surface area contributed by atoms with Crippen molar-refractivity contribution in [2.24, 2.45) is 0 Å². The number of nitrogens with zero attached hydrogens (tertiary/aromatic N) is 1. The first kappa shape index (κ1) is 19.6. The van der Waals surface area contributed by atoms with Gasteiger partial charge >= 0.3 is 0 Å². The number of carbonyl (C=O) groups is 1. The van der Waals surface area contributed by atoms with E-state index >= 15 is 0 Å². The minimum atomic E-state index is -3.74. The predicted molar refractivity (Wildman–Crippen MR) is 112 cm³/mol.